The van der Waals surface area contributed by atoms with Gasteiger partial charge in [0.15, 0.2) is 11.4 Å². The Hall–Kier alpha value is -2.99. The normalized spacial score (nSPS) is 18.4. The van der Waals surface area contributed by atoms with E-state index in [4.69, 9.17) is 0 Å². The Labute approximate surface area is 164 Å². The molecule has 0 spiro atoms. The Morgan fingerprint density at radius 3 is 2.36 bits per heavy atom. The van der Waals surface area contributed by atoms with Gasteiger partial charge in [0.2, 0.25) is 5.91 Å². The van der Waals surface area contributed by atoms with Crippen LogP contribution in [0.5, 0.6) is 0 Å². The third-order valence-electron chi connectivity index (χ3n) is 4.81. The molecule has 0 saturated heterocycles. The number of aryl methyl sites for hydroxylation is 1. The van der Waals surface area contributed by atoms with Gasteiger partial charge in [-0.15, -0.1) is 0 Å². The van der Waals surface area contributed by atoms with Gasteiger partial charge < -0.3 is 15.7 Å². The molecule has 1 aliphatic rings. The molecule has 2 aromatic rings. The Kier molecular flexibility index (Phi) is 4.85. The molecule has 6 heteroatoms. The third kappa shape index (κ3) is 3.68. The van der Waals surface area contributed by atoms with Crippen LogP contribution in [0.25, 0.3) is 0 Å². The second-order valence-electron chi connectivity index (χ2n) is 8.24. The summed E-state index contributed by atoms with van der Waals surface area (Å²) in [5.74, 6) is -1.09. The summed E-state index contributed by atoms with van der Waals surface area (Å²) in [6.45, 7) is 7.29. The van der Waals surface area contributed by atoms with Gasteiger partial charge >= 0.3 is 0 Å². The Morgan fingerprint density at radius 2 is 1.75 bits per heavy atom. The lowest BCUT2D eigenvalue weighted by Crippen LogP contribution is -2.36. The molecule has 0 unspecified atom stereocenters. The average molecular weight is 380 g/mol. The number of aliphatic hydroxyl groups is 1. The molecule has 0 aromatic heterocycles. The predicted octanol–water partition coefficient (Wildman–Crippen LogP) is 3.39. The molecule has 2 aromatic carbocycles. The summed E-state index contributed by atoms with van der Waals surface area (Å²) < 4.78 is 0. The van der Waals surface area contributed by atoms with Crippen molar-refractivity contribution < 1.29 is 19.5 Å². The number of carbonyl (C=O) groups excluding carboxylic acids is 3. The van der Waals surface area contributed by atoms with E-state index >= 15 is 0 Å². The maximum absolute atomic E-state index is 12.7. The zero-order valence-corrected chi connectivity index (χ0v) is 16.4. The van der Waals surface area contributed by atoms with E-state index in [0.717, 1.165) is 5.56 Å². The molecule has 1 atom stereocenters. The Balaban J connectivity index is 1.78. The van der Waals surface area contributed by atoms with Crippen LogP contribution < -0.4 is 10.6 Å². The monoisotopic (exact) mass is 380 g/mol. The number of rotatable bonds is 4. The zero-order valence-electron chi connectivity index (χ0n) is 16.4. The van der Waals surface area contributed by atoms with Crippen molar-refractivity contribution in [2.45, 2.75) is 39.7 Å². The number of amides is 2. The van der Waals surface area contributed by atoms with Crippen LogP contribution in [0.2, 0.25) is 0 Å². The number of ketones is 1. The third-order valence-corrected chi connectivity index (χ3v) is 4.81. The highest BCUT2D eigenvalue weighted by Crippen LogP contribution is 2.39. The molecule has 1 aliphatic heterocycles. The lowest BCUT2D eigenvalue weighted by Gasteiger charge is -2.20. The summed E-state index contributed by atoms with van der Waals surface area (Å²) in [4.78, 5) is 37.1. The Bertz CT molecular complexity index is 957. The van der Waals surface area contributed by atoms with Gasteiger partial charge in [-0.3, -0.25) is 14.4 Å². The molecule has 6 nitrogen and oxygen atoms in total. The number of hydrogen-bond acceptors (Lipinski definition) is 4. The van der Waals surface area contributed by atoms with Crippen LogP contribution in [0, 0.1) is 12.3 Å². The van der Waals surface area contributed by atoms with Crippen molar-refractivity contribution in [3.05, 3.63) is 59.2 Å². The minimum absolute atomic E-state index is 0.129. The van der Waals surface area contributed by atoms with Crippen LogP contribution in [0.3, 0.4) is 0 Å². The van der Waals surface area contributed by atoms with Crippen LogP contribution in [-0.4, -0.2) is 22.7 Å². The number of benzene rings is 2. The highest BCUT2D eigenvalue weighted by Gasteiger charge is 2.46. The summed E-state index contributed by atoms with van der Waals surface area (Å²) in [5.41, 5.74) is 0.341. The molecule has 28 heavy (non-hydrogen) atoms. The molecule has 2 amide bonds. The van der Waals surface area contributed by atoms with Crippen molar-refractivity contribution in [2.75, 3.05) is 10.6 Å². The maximum Gasteiger partial charge on any atom is 0.261 e. The predicted molar refractivity (Wildman–Crippen MR) is 107 cm³/mol. The first-order chi connectivity index (χ1) is 13.0. The van der Waals surface area contributed by atoms with E-state index in [0.29, 0.717) is 22.5 Å². The first-order valence-corrected chi connectivity index (χ1v) is 9.10. The van der Waals surface area contributed by atoms with E-state index in [1.54, 1.807) is 36.4 Å². The first kappa shape index (κ1) is 19.8. The number of hydrogen-bond donors (Lipinski definition) is 3. The molecule has 3 rings (SSSR count). The van der Waals surface area contributed by atoms with E-state index in [9.17, 15) is 19.5 Å². The number of anilines is 2. The maximum atomic E-state index is 12.7. The van der Waals surface area contributed by atoms with Crippen molar-refractivity contribution in [2.24, 2.45) is 5.41 Å². The molecule has 3 N–H and O–H groups in total. The first-order valence-electron chi connectivity index (χ1n) is 9.10. The summed E-state index contributed by atoms with van der Waals surface area (Å²) in [6, 6.07) is 11.7. The lowest BCUT2D eigenvalue weighted by molar-refractivity contribution is -0.133. The van der Waals surface area contributed by atoms with Crippen molar-refractivity contribution in [3.63, 3.8) is 0 Å². The van der Waals surface area contributed by atoms with Crippen molar-refractivity contribution in [3.8, 4) is 0 Å². The molecule has 0 fully saturated rings. The molecular weight excluding hydrogens is 356 g/mol. The number of nitrogens with one attached hydrogen (secondary N) is 2. The van der Waals surface area contributed by atoms with E-state index in [-0.39, 0.29) is 18.1 Å². The highest BCUT2D eigenvalue weighted by atomic mass is 16.3. The molecule has 0 radical (unpaired) electrons. The topological polar surface area (TPSA) is 95.5 Å². The fraction of sp³-hybridized carbons (Fsp3) is 0.318. The van der Waals surface area contributed by atoms with Gasteiger partial charge in [0.1, 0.15) is 0 Å². The van der Waals surface area contributed by atoms with Gasteiger partial charge in [-0.05, 0) is 37.3 Å². The van der Waals surface area contributed by atoms with Crippen molar-refractivity contribution in [1.82, 2.24) is 0 Å². The highest BCUT2D eigenvalue weighted by molar-refractivity contribution is 6.09. The second-order valence-corrected chi connectivity index (χ2v) is 8.24. The smallest absolute Gasteiger partial charge is 0.261 e. The fourth-order valence-electron chi connectivity index (χ4n) is 3.03. The molecule has 1 heterocycles. The van der Waals surface area contributed by atoms with E-state index < -0.39 is 16.9 Å². The summed E-state index contributed by atoms with van der Waals surface area (Å²) in [6.07, 6.45) is -0.358. The van der Waals surface area contributed by atoms with Crippen LogP contribution in [-0.2, 0) is 15.2 Å². The van der Waals surface area contributed by atoms with Crippen LogP contribution in [0.1, 0.15) is 48.7 Å². The van der Waals surface area contributed by atoms with Crippen molar-refractivity contribution in [1.29, 1.82) is 0 Å². The minimum Gasteiger partial charge on any atom is -0.375 e. The fourth-order valence-corrected chi connectivity index (χ4v) is 3.03. The van der Waals surface area contributed by atoms with Gasteiger partial charge in [0, 0.05) is 27.9 Å². The summed E-state index contributed by atoms with van der Waals surface area (Å²) in [7, 11) is 0. The van der Waals surface area contributed by atoms with Gasteiger partial charge in [0.25, 0.3) is 5.91 Å². The van der Waals surface area contributed by atoms with Gasteiger partial charge in [-0.1, -0.05) is 38.5 Å². The van der Waals surface area contributed by atoms with Crippen LogP contribution >= 0.6 is 0 Å². The number of Topliss-reactive ketones (excluding diaryl/α,β-unsaturated/α-hetero) is 1. The largest absolute Gasteiger partial charge is 0.375 e. The number of carbonyl (C=O) groups is 3. The molecule has 0 aliphatic carbocycles. The van der Waals surface area contributed by atoms with Gasteiger partial charge in [0.05, 0.1) is 6.42 Å². The standard InChI is InChI=1S/C22H24N2O4/c1-13-5-10-17-16(11-13)22(28,20(27)24-17)12-18(25)14-6-8-15(9-7-14)23-19(26)21(2,3)4/h5-11,28H,12H2,1-4H3,(H,23,26)(H,24,27)/t22-/m1/s1. The van der Waals surface area contributed by atoms with Crippen LogP contribution in [0.15, 0.2) is 42.5 Å². The zero-order chi connectivity index (χ0) is 20.7. The molecule has 146 valence electrons. The Morgan fingerprint density at radius 1 is 1.11 bits per heavy atom. The van der Waals surface area contributed by atoms with Gasteiger partial charge in [-0.25, -0.2) is 0 Å². The van der Waals surface area contributed by atoms with E-state index in [1.165, 1.54) is 0 Å². The SMILES string of the molecule is Cc1ccc2c(c1)[C@](O)(CC(=O)c1ccc(NC(=O)C(C)(C)C)cc1)C(=O)N2. The van der Waals surface area contributed by atoms with E-state index in [1.807, 2.05) is 33.8 Å². The summed E-state index contributed by atoms with van der Waals surface area (Å²) in [5, 5.41) is 16.4. The minimum atomic E-state index is -1.89. The van der Waals surface area contributed by atoms with Crippen LogP contribution in [0.4, 0.5) is 11.4 Å². The molecule has 0 saturated carbocycles. The number of fused-ring (bicyclic) bond motifs is 1. The quantitative estimate of drug-likeness (QED) is 0.709. The molecule has 0 bridgehead atoms. The van der Waals surface area contributed by atoms with Crippen molar-refractivity contribution >= 4 is 29.0 Å². The average Bonchev–Trinajstić information content (AvgIpc) is 2.85. The second kappa shape index (κ2) is 6.87. The molecular formula is C22H24N2O4. The lowest BCUT2D eigenvalue weighted by atomic mass is 9.87. The van der Waals surface area contributed by atoms with E-state index in [2.05, 4.69) is 10.6 Å². The summed E-state index contributed by atoms with van der Waals surface area (Å²) >= 11 is 0. The van der Waals surface area contributed by atoms with Gasteiger partial charge in [-0.2, -0.15) is 0 Å².